The van der Waals surface area contributed by atoms with Crippen molar-refractivity contribution >= 4 is 29.3 Å². The molecule has 120 valence electrons. The Morgan fingerprint density at radius 2 is 2.13 bits per heavy atom. The van der Waals surface area contributed by atoms with Crippen LogP contribution >= 0.6 is 0 Å². The van der Waals surface area contributed by atoms with Crippen molar-refractivity contribution in [2.24, 2.45) is 0 Å². The van der Waals surface area contributed by atoms with Gasteiger partial charge < -0.3 is 10.2 Å². The van der Waals surface area contributed by atoms with Gasteiger partial charge in [0.25, 0.3) is 5.91 Å². The summed E-state index contributed by atoms with van der Waals surface area (Å²) in [5.41, 5.74) is 1.80. The van der Waals surface area contributed by atoms with E-state index in [2.05, 4.69) is 10.6 Å². The molecule has 7 nitrogen and oxygen atoms in total. The molecule has 2 heterocycles. The Morgan fingerprint density at radius 3 is 2.83 bits per heavy atom. The predicted molar refractivity (Wildman–Crippen MR) is 81.4 cm³/mol. The van der Waals surface area contributed by atoms with E-state index in [4.69, 9.17) is 0 Å². The van der Waals surface area contributed by atoms with Crippen LogP contribution in [0, 0.1) is 0 Å². The van der Waals surface area contributed by atoms with E-state index in [1.165, 1.54) is 4.90 Å². The van der Waals surface area contributed by atoms with Crippen LogP contribution in [0.4, 0.5) is 5.69 Å². The van der Waals surface area contributed by atoms with E-state index in [0.29, 0.717) is 29.7 Å². The first-order chi connectivity index (χ1) is 11.0. The molecular formula is C16H17N3O4. The van der Waals surface area contributed by atoms with Crippen molar-refractivity contribution < 1.29 is 19.2 Å². The molecule has 2 aliphatic rings. The molecule has 1 aromatic carbocycles. The summed E-state index contributed by atoms with van der Waals surface area (Å²) in [5, 5.41) is 5.05. The number of piperidine rings is 1. The highest BCUT2D eigenvalue weighted by atomic mass is 16.2. The van der Waals surface area contributed by atoms with Gasteiger partial charge in [0.2, 0.25) is 17.7 Å². The lowest BCUT2D eigenvalue weighted by Gasteiger charge is -2.29. The Hall–Kier alpha value is -2.70. The van der Waals surface area contributed by atoms with Gasteiger partial charge in [0, 0.05) is 36.2 Å². The van der Waals surface area contributed by atoms with E-state index in [9.17, 15) is 19.2 Å². The zero-order valence-corrected chi connectivity index (χ0v) is 12.7. The largest absolute Gasteiger partial charge is 0.326 e. The van der Waals surface area contributed by atoms with Crippen molar-refractivity contribution in [3.05, 3.63) is 29.3 Å². The van der Waals surface area contributed by atoms with Crippen molar-refractivity contribution in [1.29, 1.82) is 0 Å². The van der Waals surface area contributed by atoms with Crippen molar-refractivity contribution in [2.45, 2.75) is 38.8 Å². The number of amides is 4. The zero-order chi connectivity index (χ0) is 16.6. The molecule has 0 spiro atoms. The number of carbonyl (C=O) groups is 4. The first-order valence-electron chi connectivity index (χ1n) is 7.57. The lowest BCUT2D eigenvalue weighted by Crippen LogP contribution is -2.52. The SMILES string of the molecule is CCC(=O)Nc1cccc2c1CN(C1CCC(=O)NC1=O)C2=O. The van der Waals surface area contributed by atoms with Crippen molar-refractivity contribution in [3.8, 4) is 0 Å². The lowest BCUT2D eigenvalue weighted by atomic mass is 10.0. The van der Waals surface area contributed by atoms with Gasteiger partial charge in [-0.05, 0) is 18.6 Å². The molecule has 1 aromatic rings. The van der Waals surface area contributed by atoms with Crippen LogP contribution in [-0.4, -0.2) is 34.6 Å². The minimum absolute atomic E-state index is 0.134. The van der Waals surface area contributed by atoms with E-state index in [0.717, 1.165) is 0 Å². The van der Waals surface area contributed by atoms with E-state index < -0.39 is 11.9 Å². The number of carbonyl (C=O) groups excluding carboxylic acids is 4. The van der Waals surface area contributed by atoms with Crippen molar-refractivity contribution in [2.75, 3.05) is 5.32 Å². The van der Waals surface area contributed by atoms with Crippen LogP contribution in [0.2, 0.25) is 0 Å². The second kappa shape index (κ2) is 5.83. The van der Waals surface area contributed by atoms with Crippen LogP contribution in [0.5, 0.6) is 0 Å². The molecule has 3 rings (SSSR count). The Morgan fingerprint density at radius 1 is 1.35 bits per heavy atom. The van der Waals surface area contributed by atoms with Crippen LogP contribution in [0.1, 0.15) is 42.1 Å². The molecule has 2 aliphatic heterocycles. The summed E-state index contributed by atoms with van der Waals surface area (Å²) in [6.45, 7) is 2.00. The molecule has 1 unspecified atom stereocenters. The van der Waals surface area contributed by atoms with Crippen LogP contribution in [0.25, 0.3) is 0 Å². The van der Waals surface area contributed by atoms with E-state index in [1.807, 2.05) is 0 Å². The van der Waals surface area contributed by atoms with E-state index in [-0.39, 0.29) is 30.7 Å². The van der Waals surface area contributed by atoms with Gasteiger partial charge in [-0.25, -0.2) is 0 Å². The molecule has 0 aromatic heterocycles. The molecule has 1 saturated heterocycles. The first-order valence-corrected chi connectivity index (χ1v) is 7.57. The van der Waals surface area contributed by atoms with Crippen molar-refractivity contribution in [1.82, 2.24) is 10.2 Å². The number of benzene rings is 1. The monoisotopic (exact) mass is 315 g/mol. The second-order valence-corrected chi connectivity index (χ2v) is 5.63. The van der Waals surface area contributed by atoms with Crippen LogP contribution in [0.15, 0.2) is 18.2 Å². The van der Waals surface area contributed by atoms with Gasteiger partial charge in [-0.15, -0.1) is 0 Å². The maximum Gasteiger partial charge on any atom is 0.255 e. The highest BCUT2D eigenvalue weighted by Gasteiger charge is 2.39. The normalized spacial score (nSPS) is 20.3. The molecule has 0 aliphatic carbocycles. The lowest BCUT2D eigenvalue weighted by molar-refractivity contribution is -0.137. The number of imide groups is 1. The number of nitrogens with one attached hydrogen (secondary N) is 2. The Kier molecular flexibility index (Phi) is 3.85. The summed E-state index contributed by atoms with van der Waals surface area (Å²) >= 11 is 0. The summed E-state index contributed by atoms with van der Waals surface area (Å²) in [6, 6.07) is 4.48. The maximum atomic E-state index is 12.6. The molecule has 0 saturated carbocycles. The molecule has 2 N–H and O–H groups in total. The quantitative estimate of drug-likeness (QED) is 0.806. The van der Waals surface area contributed by atoms with E-state index >= 15 is 0 Å². The van der Waals surface area contributed by atoms with Gasteiger partial charge >= 0.3 is 0 Å². The van der Waals surface area contributed by atoms with Crippen LogP contribution < -0.4 is 10.6 Å². The van der Waals surface area contributed by atoms with Crippen molar-refractivity contribution in [3.63, 3.8) is 0 Å². The zero-order valence-electron chi connectivity index (χ0n) is 12.7. The molecule has 7 heteroatoms. The number of rotatable bonds is 3. The minimum atomic E-state index is -0.651. The van der Waals surface area contributed by atoms with E-state index in [1.54, 1.807) is 25.1 Å². The average molecular weight is 315 g/mol. The van der Waals surface area contributed by atoms with Gasteiger partial charge in [-0.3, -0.25) is 24.5 Å². The molecule has 0 bridgehead atoms. The third-order valence-electron chi connectivity index (χ3n) is 4.18. The first kappa shape index (κ1) is 15.2. The third kappa shape index (κ3) is 2.69. The number of anilines is 1. The fourth-order valence-electron chi connectivity index (χ4n) is 2.94. The molecule has 23 heavy (non-hydrogen) atoms. The average Bonchev–Trinajstić information content (AvgIpc) is 2.86. The number of fused-ring (bicyclic) bond motifs is 1. The topological polar surface area (TPSA) is 95.6 Å². The van der Waals surface area contributed by atoms with Gasteiger partial charge in [0.15, 0.2) is 0 Å². The number of nitrogens with zero attached hydrogens (tertiary/aromatic N) is 1. The molecule has 1 fully saturated rings. The Bertz CT molecular complexity index is 713. The summed E-state index contributed by atoms with van der Waals surface area (Å²) in [7, 11) is 0. The Balaban J connectivity index is 1.87. The fraction of sp³-hybridized carbons (Fsp3) is 0.375. The number of hydrogen-bond donors (Lipinski definition) is 2. The smallest absolute Gasteiger partial charge is 0.255 e. The summed E-state index contributed by atoms with van der Waals surface area (Å²) < 4.78 is 0. The second-order valence-electron chi connectivity index (χ2n) is 5.63. The minimum Gasteiger partial charge on any atom is -0.326 e. The summed E-state index contributed by atoms with van der Waals surface area (Å²) in [5.74, 6) is -1.14. The molecule has 1 atom stereocenters. The van der Waals surface area contributed by atoms with Gasteiger partial charge in [0.05, 0.1) is 0 Å². The molecule has 4 amide bonds. The Labute approximate surface area is 133 Å². The van der Waals surface area contributed by atoms with Crippen LogP contribution in [-0.2, 0) is 20.9 Å². The van der Waals surface area contributed by atoms with Gasteiger partial charge in [-0.2, -0.15) is 0 Å². The molecule has 0 radical (unpaired) electrons. The number of hydrogen-bond acceptors (Lipinski definition) is 4. The highest BCUT2D eigenvalue weighted by Crippen LogP contribution is 2.32. The van der Waals surface area contributed by atoms with Crippen LogP contribution in [0.3, 0.4) is 0 Å². The standard InChI is InChI=1S/C16H17N3O4/c1-2-13(20)17-11-5-3-4-9-10(11)8-19(16(9)23)12-6-7-14(21)18-15(12)22/h3-5,12H,2,6-8H2,1H3,(H,17,20)(H,18,21,22). The maximum absolute atomic E-state index is 12.6. The highest BCUT2D eigenvalue weighted by molar-refractivity contribution is 6.06. The summed E-state index contributed by atoms with van der Waals surface area (Å²) in [4.78, 5) is 48.9. The fourth-order valence-corrected chi connectivity index (χ4v) is 2.94. The third-order valence-corrected chi connectivity index (χ3v) is 4.18. The van der Waals surface area contributed by atoms with Gasteiger partial charge in [-0.1, -0.05) is 13.0 Å². The van der Waals surface area contributed by atoms with Gasteiger partial charge in [0.1, 0.15) is 6.04 Å². The molecular weight excluding hydrogens is 298 g/mol. The predicted octanol–water partition coefficient (Wildman–Crippen LogP) is 0.796. The summed E-state index contributed by atoms with van der Waals surface area (Å²) in [6.07, 6.45) is 0.880.